The van der Waals surface area contributed by atoms with E-state index in [0.29, 0.717) is 6.61 Å². The first-order valence-corrected chi connectivity index (χ1v) is 11.7. The molecule has 0 bridgehead atoms. The van der Waals surface area contributed by atoms with E-state index in [1.54, 1.807) is 12.1 Å². The van der Waals surface area contributed by atoms with Crippen molar-refractivity contribution in [3.63, 3.8) is 0 Å². The Labute approximate surface area is 176 Å². The summed E-state index contributed by atoms with van der Waals surface area (Å²) in [5, 5.41) is 2.26. The Kier molecular flexibility index (Phi) is 5.50. The molecule has 3 aliphatic rings. The van der Waals surface area contributed by atoms with Crippen LogP contribution >= 0.6 is 11.3 Å². The second kappa shape index (κ2) is 8.10. The topological polar surface area (TPSA) is 27.7 Å². The zero-order valence-corrected chi connectivity index (χ0v) is 17.7. The third-order valence-electron chi connectivity index (χ3n) is 7.05. The minimum Gasteiger partial charge on any atom is -0.378 e. The van der Waals surface area contributed by atoms with Gasteiger partial charge in [0.1, 0.15) is 5.82 Å². The van der Waals surface area contributed by atoms with E-state index in [2.05, 4.69) is 5.38 Å². The van der Waals surface area contributed by atoms with Crippen molar-refractivity contribution < 1.29 is 18.6 Å². The minimum atomic E-state index is -0.163. The van der Waals surface area contributed by atoms with E-state index in [4.69, 9.17) is 14.2 Å². The second-order valence-corrected chi connectivity index (χ2v) is 9.87. The van der Waals surface area contributed by atoms with Gasteiger partial charge in [0, 0.05) is 29.9 Å². The highest BCUT2D eigenvalue weighted by Crippen LogP contribution is 2.48. The van der Waals surface area contributed by atoms with E-state index >= 15 is 0 Å². The second-order valence-electron chi connectivity index (χ2n) is 8.91. The van der Waals surface area contributed by atoms with Crippen molar-refractivity contribution in [2.45, 2.75) is 69.2 Å². The van der Waals surface area contributed by atoms with Gasteiger partial charge in [-0.3, -0.25) is 0 Å². The summed E-state index contributed by atoms with van der Waals surface area (Å²) in [6, 6.07) is 7.21. The molecule has 2 aromatic rings. The molecule has 5 rings (SSSR count). The van der Waals surface area contributed by atoms with Crippen molar-refractivity contribution in [3.05, 3.63) is 57.0 Å². The summed E-state index contributed by atoms with van der Waals surface area (Å²) in [4.78, 5) is 1.50. The molecule has 5 heteroatoms. The molecule has 3 nitrogen and oxygen atoms in total. The van der Waals surface area contributed by atoms with Crippen molar-refractivity contribution in [2.24, 2.45) is 0 Å². The summed E-state index contributed by atoms with van der Waals surface area (Å²) in [6.07, 6.45) is 7.55. The van der Waals surface area contributed by atoms with E-state index in [1.165, 1.54) is 34.4 Å². The van der Waals surface area contributed by atoms with E-state index in [1.807, 2.05) is 23.5 Å². The van der Waals surface area contributed by atoms with Gasteiger partial charge in [-0.25, -0.2) is 4.39 Å². The van der Waals surface area contributed by atoms with Gasteiger partial charge in [0.2, 0.25) is 0 Å². The molecular formula is C24H29FO3S. The van der Waals surface area contributed by atoms with Gasteiger partial charge in [0.25, 0.3) is 0 Å². The number of unbranched alkanes of at least 4 members (excludes halogenated alkanes) is 1. The van der Waals surface area contributed by atoms with Crippen LogP contribution in [0.5, 0.6) is 0 Å². The van der Waals surface area contributed by atoms with Crippen LogP contribution in [-0.4, -0.2) is 25.4 Å². The number of rotatable bonds is 6. The molecule has 0 saturated carbocycles. The van der Waals surface area contributed by atoms with Crippen LogP contribution in [-0.2, 0) is 39.3 Å². The molecule has 0 N–H and O–H groups in total. The Hall–Kier alpha value is -1.27. The fourth-order valence-corrected chi connectivity index (χ4v) is 6.54. The lowest BCUT2D eigenvalue weighted by Gasteiger charge is -2.46. The number of hydrogen-bond acceptors (Lipinski definition) is 4. The van der Waals surface area contributed by atoms with Crippen molar-refractivity contribution in [3.8, 4) is 0 Å². The zero-order chi connectivity index (χ0) is 19.7. The molecule has 4 heterocycles. The van der Waals surface area contributed by atoms with Crippen LogP contribution in [0, 0.1) is 5.82 Å². The van der Waals surface area contributed by atoms with E-state index in [-0.39, 0.29) is 16.8 Å². The standard InChI is InChI=1S/C24H29FO3S/c25-20-6-4-19(5-7-20)23(9-12-28-24(16-23)10-11-26-17-24)8-2-1-3-22-21-14-27-13-18(21)15-29-22/h4-7,15H,1-3,8-14,16-17H2. The summed E-state index contributed by atoms with van der Waals surface area (Å²) < 4.78 is 31.1. The fourth-order valence-electron chi connectivity index (χ4n) is 5.45. The van der Waals surface area contributed by atoms with E-state index < -0.39 is 0 Å². The van der Waals surface area contributed by atoms with Crippen molar-refractivity contribution in [1.29, 1.82) is 0 Å². The van der Waals surface area contributed by atoms with Gasteiger partial charge < -0.3 is 14.2 Å². The Morgan fingerprint density at radius 1 is 1.00 bits per heavy atom. The van der Waals surface area contributed by atoms with Crippen molar-refractivity contribution >= 4 is 11.3 Å². The van der Waals surface area contributed by atoms with Crippen LogP contribution in [0.2, 0.25) is 0 Å². The minimum absolute atomic E-state index is 0.0557. The lowest BCUT2D eigenvalue weighted by molar-refractivity contribution is -0.108. The molecule has 2 atom stereocenters. The quantitative estimate of drug-likeness (QED) is 0.579. The largest absolute Gasteiger partial charge is 0.378 e. The number of hydrogen-bond donors (Lipinski definition) is 0. The lowest BCUT2D eigenvalue weighted by Crippen LogP contribution is -2.48. The maximum Gasteiger partial charge on any atom is 0.123 e. The van der Waals surface area contributed by atoms with Gasteiger partial charge in [-0.05, 0) is 66.3 Å². The predicted octanol–water partition coefficient (Wildman–Crippen LogP) is 5.54. The Morgan fingerprint density at radius 2 is 1.90 bits per heavy atom. The first-order valence-electron chi connectivity index (χ1n) is 10.8. The maximum absolute atomic E-state index is 13.6. The molecule has 2 unspecified atom stereocenters. The average Bonchev–Trinajstić information content (AvgIpc) is 3.45. The van der Waals surface area contributed by atoms with Crippen LogP contribution < -0.4 is 0 Å². The van der Waals surface area contributed by atoms with Gasteiger partial charge in [0.15, 0.2) is 0 Å². The van der Waals surface area contributed by atoms with Gasteiger partial charge in [-0.2, -0.15) is 0 Å². The monoisotopic (exact) mass is 416 g/mol. The maximum atomic E-state index is 13.6. The molecule has 0 amide bonds. The summed E-state index contributed by atoms with van der Waals surface area (Å²) in [5.74, 6) is -0.163. The molecular weight excluding hydrogens is 387 g/mol. The first-order chi connectivity index (χ1) is 14.2. The molecule has 1 spiro atoms. The van der Waals surface area contributed by atoms with E-state index in [9.17, 15) is 4.39 Å². The molecule has 2 saturated heterocycles. The van der Waals surface area contributed by atoms with Gasteiger partial charge in [0.05, 0.1) is 25.4 Å². The number of halogens is 1. The smallest absolute Gasteiger partial charge is 0.123 e. The summed E-state index contributed by atoms with van der Waals surface area (Å²) >= 11 is 1.89. The van der Waals surface area contributed by atoms with Crippen LogP contribution in [0.25, 0.3) is 0 Å². The average molecular weight is 417 g/mol. The van der Waals surface area contributed by atoms with E-state index in [0.717, 1.165) is 58.5 Å². The number of fused-ring (bicyclic) bond motifs is 1. The Morgan fingerprint density at radius 3 is 2.72 bits per heavy atom. The highest BCUT2D eigenvalue weighted by Gasteiger charge is 2.48. The predicted molar refractivity (Wildman–Crippen MR) is 112 cm³/mol. The number of ether oxygens (including phenoxy) is 3. The van der Waals surface area contributed by atoms with Crippen LogP contribution in [0.15, 0.2) is 29.6 Å². The third-order valence-corrected chi connectivity index (χ3v) is 8.19. The normalized spacial score (nSPS) is 28.9. The lowest BCUT2D eigenvalue weighted by atomic mass is 9.65. The van der Waals surface area contributed by atoms with Crippen LogP contribution in [0.4, 0.5) is 4.39 Å². The van der Waals surface area contributed by atoms with Crippen LogP contribution in [0.3, 0.4) is 0 Å². The first kappa shape index (κ1) is 19.7. The number of benzene rings is 1. The SMILES string of the molecule is Fc1ccc(C2(CCCCc3scc4c3COC4)CCOC3(CCOC3)C2)cc1. The highest BCUT2D eigenvalue weighted by molar-refractivity contribution is 7.10. The highest BCUT2D eigenvalue weighted by atomic mass is 32.1. The molecule has 0 aliphatic carbocycles. The Balaban J connectivity index is 1.30. The van der Waals surface area contributed by atoms with Gasteiger partial charge in [-0.1, -0.05) is 18.6 Å². The number of thiophene rings is 1. The fraction of sp³-hybridized carbons (Fsp3) is 0.583. The summed E-state index contributed by atoms with van der Waals surface area (Å²) in [5.41, 5.74) is 3.99. The van der Waals surface area contributed by atoms with Crippen molar-refractivity contribution in [1.82, 2.24) is 0 Å². The molecule has 0 radical (unpaired) electrons. The molecule has 1 aromatic heterocycles. The zero-order valence-electron chi connectivity index (χ0n) is 16.9. The van der Waals surface area contributed by atoms with Gasteiger partial charge in [-0.15, -0.1) is 11.3 Å². The van der Waals surface area contributed by atoms with Crippen LogP contribution in [0.1, 0.15) is 60.1 Å². The molecule has 2 fully saturated rings. The third kappa shape index (κ3) is 3.90. The molecule has 1 aromatic carbocycles. The summed E-state index contributed by atoms with van der Waals surface area (Å²) in [7, 11) is 0. The van der Waals surface area contributed by atoms with Crippen molar-refractivity contribution in [2.75, 3.05) is 19.8 Å². The van der Waals surface area contributed by atoms with Gasteiger partial charge >= 0.3 is 0 Å². The Bertz CT molecular complexity index is 840. The molecule has 3 aliphatic heterocycles. The summed E-state index contributed by atoms with van der Waals surface area (Å²) in [6.45, 7) is 3.80. The number of aryl methyl sites for hydroxylation is 1. The molecule has 156 valence electrons. The molecule has 29 heavy (non-hydrogen) atoms.